The smallest absolute Gasteiger partial charge is 0.393 e. The van der Waals surface area contributed by atoms with E-state index in [4.69, 9.17) is 4.42 Å². The van der Waals surface area contributed by atoms with Crippen LogP contribution in [-0.2, 0) is 6.42 Å². The number of aromatic nitrogens is 2. The van der Waals surface area contributed by atoms with E-state index in [1.54, 1.807) is 0 Å². The topological polar surface area (TPSA) is 58.9 Å². The van der Waals surface area contributed by atoms with Gasteiger partial charge in [-0.05, 0) is 104 Å². The molecule has 0 aliphatic heterocycles. The molecule has 0 amide bonds. The fraction of sp³-hybridized carbons (Fsp3) is 0.920. The summed E-state index contributed by atoms with van der Waals surface area (Å²) in [5, 5.41) is 6.37. The standard InChI is InChI=1S/C25H40N2O2/c1-23-13-4-5-14-25(23,3)20-12-16-24(2)17(9-10-19(24)18(20)11-15-23)7-6-8-21-26-27-22(28)29-21/h17-20H,4-16H2,1-3H3,(H,27,28)/t17?,18?,19?,20?,23?,24?,25-/m1/s1. The van der Waals surface area contributed by atoms with Crippen LogP contribution in [0.15, 0.2) is 9.21 Å². The van der Waals surface area contributed by atoms with Crippen LogP contribution in [0.2, 0.25) is 0 Å². The van der Waals surface area contributed by atoms with Gasteiger partial charge in [0.05, 0.1) is 0 Å². The SMILES string of the molecule is CC12CCC3C(CCC4(C)CCCC[C@]34C)C1CCC2CCCc1n[nH]c(=O)o1. The molecule has 1 aromatic rings. The van der Waals surface area contributed by atoms with E-state index in [9.17, 15) is 4.79 Å². The lowest BCUT2D eigenvalue weighted by Crippen LogP contribution is -2.56. The van der Waals surface area contributed by atoms with Gasteiger partial charge in [-0.3, -0.25) is 0 Å². The van der Waals surface area contributed by atoms with Gasteiger partial charge in [-0.1, -0.05) is 33.6 Å². The summed E-state index contributed by atoms with van der Waals surface area (Å²) >= 11 is 0. The van der Waals surface area contributed by atoms with E-state index in [1.165, 1.54) is 70.6 Å². The fourth-order valence-corrected chi connectivity index (χ4v) is 9.05. The van der Waals surface area contributed by atoms with Gasteiger partial charge in [0, 0.05) is 6.42 Å². The van der Waals surface area contributed by atoms with Crippen LogP contribution in [0.25, 0.3) is 0 Å². The van der Waals surface area contributed by atoms with Crippen LogP contribution >= 0.6 is 0 Å². The molecule has 4 fully saturated rings. The van der Waals surface area contributed by atoms with Crippen molar-refractivity contribution in [3.8, 4) is 0 Å². The number of aromatic amines is 1. The highest BCUT2D eigenvalue weighted by Crippen LogP contribution is 2.70. The minimum absolute atomic E-state index is 0.424. The molecule has 29 heavy (non-hydrogen) atoms. The minimum atomic E-state index is -0.424. The molecule has 4 aliphatic carbocycles. The average molecular weight is 401 g/mol. The second-order valence-corrected chi connectivity index (χ2v) is 11.8. The number of hydrogen-bond acceptors (Lipinski definition) is 3. The lowest BCUT2D eigenvalue weighted by atomic mass is 9.40. The Morgan fingerprint density at radius 1 is 1.00 bits per heavy atom. The van der Waals surface area contributed by atoms with Crippen LogP contribution < -0.4 is 5.76 Å². The lowest BCUT2D eigenvalue weighted by molar-refractivity contribution is -0.152. The Labute approximate surface area is 175 Å². The Morgan fingerprint density at radius 2 is 1.83 bits per heavy atom. The van der Waals surface area contributed by atoms with Crippen molar-refractivity contribution in [2.75, 3.05) is 0 Å². The average Bonchev–Trinajstić information content (AvgIpc) is 3.25. The summed E-state index contributed by atoms with van der Waals surface area (Å²) in [4.78, 5) is 11.1. The summed E-state index contributed by atoms with van der Waals surface area (Å²) in [5.41, 5.74) is 1.73. The lowest BCUT2D eigenvalue weighted by Gasteiger charge is -2.64. The maximum atomic E-state index is 11.1. The Hall–Kier alpha value is -1.06. The highest BCUT2D eigenvalue weighted by molar-refractivity contribution is 5.11. The largest absolute Gasteiger partial charge is 0.434 e. The summed E-state index contributed by atoms with van der Waals surface area (Å²) in [5.74, 6) is 3.88. The first-order chi connectivity index (χ1) is 13.9. The van der Waals surface area contributed by atoms with Crippen LogP contribution in [0.4, 0.5) is 0 Å². The second-order valence-electron chi connectivity index (χ2n) is 11.8. The highest BCUT2D eigenvalue weighted by atomic mass is 16.4. The molecule has 0 radical (unpaired) electrons. The predicted molar refractivity (Wildman–Crippen MR) is 115 cm³/mol. The van der Waals surface area contributed by atoms with Crippen LogP contribution in [0.3, 0.4) is 0 Å². The van der Waals surface area contributed by atoms with E-state index in [1.807, 2.05) is 0 Å². The van der Waals surface area contributed by atoms with Crippen molar-refractivity contribution < 1.29 is 4.42 Å². The third-order valence-corrected chi connectivity index (χ3v) is 11.0. The zero-order chi connectivity index (χ0) is 20.3. The maximum absolute atomic E-state index is 11.1. The molecular weight excluding hydrogens is 360 g/mol. The molecule has 0 saturated heterocycles. The first-order valence-electron chi connectivity index (χ1n) is 12.4. The van der Waals surface area contributed by atoms with Gasteiger partial charge in [0.1, 0.15) is 0 Å². The Bertz CT molecular complexity index is 799. The molecule has 4 nitrogen and oxygen atoms in total. The van der Waals surface area contributed by atoms with Crippen molar-refractivity contribution >= 4 is 0 Å². The van der Waals surface area contributed by atoms with E-state index < -0.39 is 5.76 Å². The normalized spacial score (nSPS) is 46.7. The number of nitrogens with zero attached hydrogens (tertiary/aromatic N) is 1. The van der Waals surface area contributed by atoms with Gasteiger partial charge in [-0.15, -0.1) is 5.10 Å². The summed E-state index contributed by atoms with van der Waals surface area (Å²) in [7, 11) is 0. The van der Waals surface area contributed by atoms with Gasteiger partial charge < -0.3 is 4.42 Å². The highest BCUT2D eigenvalue weighted by Gasteiger charge is 2.62. The third kappa shape index (κ3) is 2.98. The van der Waals surface area contributed by atoms with Crippen molar-refractivity contribution in [1.29, 1.82) is 0 Å². The predicted octanol–water partition coefficient (Wildman–Crippen LogP) is 6.12. The molecule has 7 atom stereocenters. The maximum Gasteiger partial charge on any atom is 0.434 e. The molecular formula is C25H40N2O2. The van der Waals surface area contributed by atoms with E-state index in [0.29, 0.717) is 22.1 Å². The molecule has 1 aromatic heterocycles. The molecule has 0 spiro atoms. The van der Waals surface area contributed by atoms with Crippen LogP contribution in [0, 0.1) is 39.9 Å². The molecule has 4 saturated carbocycles. The molecule has 5 rings (SSSR count). The van der Waals surface area contributed by atoms with Crippen molar-refractivity contribution in [3.05, 3.63) is 16.4 Å². The fourth-order valence-electron chi connectivity index (χ4n) is 9.05. The number of H-pyrrole nitrogens is 1. The summed E-state index contributed by atoms with van der Waals surface area (Å²) < 4.78 is 5.10. The summed E-state index contributed by atoms with van der Waals surface area (Å²) in [6, 6.07) is 0. The van der Waals surface area contributed by atoms with Crippen LogP contribution in [-0.4, -0.2) is 10.2 Å². The third-order valence-electron chi connectivity index (χ3n) is 11.0. The van der Waals surface area contributed by atoms with E-state index in [0.717, 1.165) is 36.5 Å². The zero-order valence-corrected chi connectivity index (χ0v) is 18.8. The van der Waals surface area contributed by atoms with E-state index in [2.05, 4.69) is 31.0 Å². The quantitative estimate of drug-likeness (QED) is 0.662. The van der Waals surface area contributed by atoms with Gasteiger partial charge in [0.25, 0.3) is 0 Å². The summed E-state index contributed by atoms with van der Waals surface area (Å²) in [6.07, 6.45) is 17.7. The van der Waals surface area contributed by atoms with Gasteiger partial charge in [0.15, 0.2) is 0 Å². The molecule has 4 heteroatoms. The first kappa shape index (κ1) is 19.9. The van der Waals surface area contributed by atoms with Crippen molar-refractivity contribution in [1.82, 2.24) is 10.2 Å². The Balaban J connectivity index is 1.28. The van der Waals surface area contributed by atoms with Crippen LogP contribution in [0.5, 0.6) is 0 Å². The van der Waals surface area contributed by atoms with Gasteiger partial charge in [-0.25, -0.2) is 9.89 Å². The Kier molecular flexibility index (Phi) is 4.79. The number of fused-ring (bicyclic) bond motifs is 5. The van der Waals surface area contributed by atoms with E-state index >= 15 is 0 Å². The summed E-state index contributed by atoms with van der Waals surface area (Å²) in [6.45, 7) is 7.97. The Morgan fingerprint density at radius 3 is 2.62 bits per heavy atom. The molecule has 1 N–H and O–H groups in total. The van der Waals surface area contributed by atoms with Crippen molar-refractivity contribution in [3.63, 3.8) is 0 Å². The molecule has 6 unspecified atom stereocenters. The minimum Gasteiger partial charge on any atom is -0.393 e. The monoisotopic (exact) mass is 400 g/mol. The molecule has 0 bridgehead atoms. The number of nitrogens with one attached hydrogen (secondary N) is 1. The van der Waals surface area contributed by atoms with Gasteiger partial charge in [-0.2, -0.15) is 0 Å². The first-order valence-corrected chi connectivity index (χ1v) is 12.4. The van der Waals surface area contributed by atoms with Crippen molar-refractivity contribution in [2.24, 2.45) is 39.9 Å². The number of aryl methyl sites for hydroxylation is 1. The zero-order valence-electron chi connectivity index (χ0n) is 18.8. The number of hydrogen-bond donors (Lipinski definition) is 1. The van der Waals surface area contributed by atoms with Crippen LogP contribution in [0.1, 0.15) is 104 Å². The van der Waals surface area contributed by atoms with Gasteiger partial charge >= 0.3 is 5.76 Å². The molecule has 1 heterocycles. The van der Waals surface area contributed by atoms with Crippen molar-refractivity contribution in [2.45, 2.75) is 104 Å². The van der Waals surface area contributed by atoms with E-state index in [-0.39, 0.29) is 0 Å². The molecule has 0 aromatic carbocycles. The second kappa shape index (κ2) is 6.99. The molecule has 4 aliphatic rings. The van der Waals surface area contributed by atoms with Gasteiger partial charge in [0.2, 0.25) is 5.89 Å². The number of rotatable bonds is 4. The molecule has 162 valence electrons.